The number of carbonyl (C=O) groups excluding carboxylic acids is 4. The minimum Gasteiger partial charge on any atom is -0.481 e. The molecule has 14 heteroatoms. The maximum absolute atomic E-state index is 12.8. The molecule has 188 valence electrons. The second kappa shape index (κ2) is 14.7. The fourth-order valence-corrected chi connectivity index (χ4v) is 2.69. The van der Waals surface area contributed by atoms with Crippen LogP contribution >= 0.6 is 0 Å². The number of aliphatic hydroxyl groups is 1. The van der Waals surface area contributed by atoms with Gasteiger partial charge in [0.25, 0.3) is 0 Å². The summed E-state index contributed by atoms with van der Waals surface area (Å²) in [5.41, 5.74) is 10.5. The summed E-state index contributed by atoms with van der Waals surface area (Å²) in [7, 11) is 0. The average Bonchev–Trinajstić information content (AvgIpc) is 2.71. The van der Waals surface area contributed by atoms with Crippen LogP contribution in [0.3, 0.4) is 0 Å². The van der Waals surface area contributed by atoms with E-state index in [1.54, 1.807) is 13.8 Å². The van der Waals surface area contributed by atoms with Gasteiger partial charge in [-0.25, -0.2) is 4.79 Å². The Morgan fingerprint density at radius 3 is 1.73 bits per heavy atom. The van der Waals surface area contributed by atoms with E-state index in [2.05, 4.69) is 16.0 Å². The van der Waals surface area contributed by atoms with E-state index in [1.807, 2.05) is 0 Å². The van der Waals surface area contributed by atoms with Gasteiger partial charge in [-0.15, -0.1) is 0 Å². The zero-order valence-corrected chi connectivity index (χ0v) is 18.6. The van der Waals surface area contributed by atoms with Crippen molar-refractivity contribution in [2.24, 2.45) is 17.4 Å². The molecule has 0 aliphatic rings. The molecule has 0 radical (unpaired) electrons. The van der Waals surface area contributed by atoms with Crippen molar-refractivity contribution in [1.82, 2.24) is 16.0 Å². The number of primary amides is 1. The highest BCUT2D eigenvalue weighted by molar-refractivity contribution is 5.94. The van der Waals surface area contributed by atoms with Gasteiger partial charge in [0.1, 0.15) is 24.2 Å². The van der Waals surface area contributed by atoms with Gasteiger partial charge in [0, 0.05) is 12.8 Å². The number of hydrogen-bond acceptors (Lipinski definition) is 8. The zero-order chi connectivity index (χ0) is 25.7. The lowest BCUT2D eigenvalue weighted by Gasteiger charge is -2.25. The molecule has 0 spiro atoms. The molecule has 33 heavy (non-hydrogen) atoms. The Labute approximate surface area is 190 Å². The van der Waals surface area contributed by atoms with Crippen molar-refractivity contribution >= 4 is 35.6 Å². The molecular formula is C19H33N5O9. The van der Waals surface area contributed by atoms with Gasteiger partial charge in [0.2, 0.25) is 23.6 Å². The third-order valence-corrected chi connectivity index (χ3v) is 4.45. The number of nitrogens with one attached hydrogen (secondary N) is 3. The molecule has 0 saturated heterocycles. The van der Waals surface area contributed by atoms with Crippen LogP contribution in [0.2, 0.25) is 0 Å². The molecule has 0 heterocycles. The van der Waals surface area contributed by atoms with Crippen molar-refractivity contribution in [3.63, 3.8) is 0 Å². The third-order valence-electron chi connectivity index (χ3n) is 4.45. The quantitative estimate of drug-likeness (QED) is 0.112. The number of carboxylic acids is 2. The molecule has 4 unspecified atom stereocenters. The number of carbonyl (C=O) groups is 6. The first-order valence-electron chi connectivity index (χ1n) is 10.3. The van der Waals surface area contributed by atoms with Crippen LogP contribution in [0.1, 0.15) is 46.0 Å². The summed E-state index contributed by atoms with van der Waals surface area (Å²) in [5, 5.41) is 33.9. The van der Waals surface area contributed by atoms with Crippen LogP contribution < -0.4 is 27.4 Å². The Balaban J connectivity index is 5.51. The molecule has 0 rings (SSSR count). The molecular weight excluding hydrogens is 442 g/mol. The number of aliphatic hydroxyl groups excluding tert-OH is 1. The summed E-state index contributed by atoms with van der Waals surface area (Å²) in [6.45, 7) is 2.80. The molecule has 0 bridgehead atoms. The van der Waals surface area contributed by atoms with Crippen molar-refractivity contribution < 1.29 is 44.1 Å². The predicted molar refractivity (Wildman–Crippen MR) is 113 cm³/mol. The Bertz CT molecular complexity index is 728. The summed E-state index contributed by atoms with van der Waals surface area (Å²) in [4.78, 5) is 70.7. The van der Waals surface area contributed by atoms with Gasteiger partial charge in [-0.1, -0.05) is 13.8 Å². The van der Waals surface area contributed by atoms with E-state index in [0.29, 0.717) is 0 Å². The number of amides is 4. The van der Waals surface area contributed by atoms with Gasteiger partial charge in [0.15, 0.2) is 0 Å². The normalized spacial score (nSPS) is 14.5. The number of carboxylic acid groups (broad SMARTS) is 2. The van der Waals surface area contributed by atoms with Crippen LogP contribution in [0.25, 0.3) is 0 Å². The Morgan fingerprint density at radius 2 is 1.27 bits per heavy atom. The van der Waals surface area contributed by atoms with E-state index >= 15 is 0 Å². The first-order chi connectivity index (χ1) is 15.3. The molecule has 0 aromatic rings. The van der Waals surface area contributed by atoms with Crippen molar-refractivity contribution in [2.75, 3.05) is 6.61 Å². The highest BCUT2D eigenvalue weighted by atomic mass is 16.4. The van der Waals surface area contributed by atoms with E-state index in [9.17, 15) is 33.9 Å². The predicted octanol–water partition coefficient (Wildman–Crippen LogP) is -2.98. The van der Waals surface area contributed by atoms with Crippen LogP contribution in [-0.4, -0.2) is 81.7 Å². The SMILES string of the molecule is CC(C)CC(NC(=O)C(CCC(N)=O)NC(=O)C(N)CO)C(=O)NC(CCC(=O)O)C(=O)O. The van der Waals surface area contributed by atoms with Gasteiger partial charge < -0.3 is 42.7 Å². The lowest BCUT2D eigenvalue weighted by atomic mass is 10.0. The van der Waals surface area contributed by atoms with E-state index in [4.69, 9.17) is 21.7 Å². The fourth-order valence-electron chi connectivity index (χ4n) is 2.69. The van der Waals surface area contributed by atoms with Crippen molar-refractivity contribution in [1.29, 1.82) is 0 Å². The van der Waals surface area contributed by atoms with Gasteiger partial charge in [0.05, 0.1) is 6.61 Å². The van der Waals surface area contributed by atoms with Crippen LogP contribution in [-0.2, 0) is 28.8 Å². The van der Waals surface area contributed by atoms with Crippen LogP contribution in [0.4, 0.5) is 0 Å². The second-order valence-electron chi connectivity index (χ2n) is 7.88. The van der Waals surface area contributed by atoms with Crippen LogP contribution in [0, 0.1) is 5.92 Å². The molecule has 14 nitrogen and oxygen atoms in total. The lowest BCUT2D eigenvalue weighted by molar-refractivity contribution is -0.143. The molecule has 10 N–H and O–H groups in total. The molecule has 0 fully saturated rings. The van der Waals surface area contributed by atoms with Gasteiger partial charge >= 0.3 is 11.9 Å². The average molecular weight is 475 g/mol. The summed E-state index contributed by atoms with van der Waals surface area (Å²) < 4.78 is 0. The van der Waals surface area contributed by atoms with Crippen molar-refractivity contribution in [2.45, 2.75) is 70.1 Å². The molecule has 4 amide bonds. The zero-order valence-electron chi connectivity index (χ0n) is 18.6. The smallest absolute Gasteiger partial charge is 0.326 e. The topological polar surface area (TPSA) is 251 Å². The molecule has 4 atom stereocenters. The minimum atomic E-state index is -1.49. The van der Waals surface area contributed by atoms with E-state index in [0.717, 1.165) is 0 Å². The molecule has 0 saturated carbocycles. The number of nitrogens with two attached hydrogens (primary N) is 2. The first-order valence-corrected chi connectivity index (χ1v) is 10.3. The first kappa shape index (κ1) is 29.7. The maximum Gasteiger partial charge on any atom is 0.326 e. The molecule has 0 aromatic carbocycles. The Kier molecular flexibility index (Phi) is 13.3. The molecule has 0 aliphatic heterocycles. The van der Waals surface area contributed by atoms with Gasteiger partial charge in [-0.2, -0.15) is 0 Å². The number of aliphatic carboxylic acids is 2. The number of rotatable bonds is 16. The van der Waals surface area contributed by atoms with Gasteiger partial charge in [-0.3, -0.25) is 24.0 Å². The minimum absolute atomic E-state index is 0.0927. The molecule has 0 aliphatic carbocycles. The summed E-state index contributed by atoms with van der Waals surface area (Å²) in [5.74, 6) is -6.13. The fraction of sp³-hybridized carbons (Fsp3) is 0.684. The Morgan fingerprint density at radius 1 is 0.788 bits per heavy atom. The van der Waals surface area contributed by atoms with Crippen LogP contribution in [0.15, 0.2) is 0 Å². The summed E-state index contributed by atoms with van der Waals surface area (Å²) >= 11 is 0. The van der Waals surface area contributed by atoms with Crippen LogP contribution in [0.5, 0.6) is 0 Å². The summed E-state index contributed by atoms with van der Waals surface area (Å²) in [6, 6.07) is -5.35. The van der Waals surface area contributed by atoms with E-state index < -0.39 is 72.8 Å². The Hall–Kier alpha value is -3.26. The summed E-state index contributed by atoms with van der Waals surface area (Å²) in [6.07, 6.45) is -1.25. The van der Waals surface area contributed by atoms with Crippen molar-refractivity contribution in [3.05, 3.63) is 0 Å². The third kappa shape index (κ3) is 12.4. The molecule has 0 aromatic heterocycles. The standard InChI is InChI=1S/C19H33N5O9/c1-9(2)7-13(18(31)23-12(19(32)33)4-6-15(27)28)24-17(30)11(3-5-14(21)26)22-16(29)10(20)8-25/h9-13,25H,3-8,20H2,1-2H3,(H2,21,26)(H,22,29)(H,23,31)(H,24,30)(H,27,28)(H,32,33). The number of hydrogen-bond donors (Lipinski definition) is 8. The highest BCUT2D eigenvalue weighted by Gasteiger charge is 2.31. The maximum atomic E-state index is 12.8. The van der Waals surface area contributed by atoms with E-state index in [1.165, 1.54) is 0 Å². The van der Waals surface area contributed by atoms with E-state index in [-0.39, 0.29) is 31.6 Å². The largest absolute Gasteiger partial charge is 0.481 e. The monoisotopic (exact) mass is 475 g/mol. The van der Waals surface area contributed by atoms with Gasteiger partial charge in [-0.05, 0) is 25.2 Å². The van der Waals surface area contributed by atoms with Crippen molar-refractivity contribution in [3.8, 4) is 0 Å². The lowest BCUT2D eigenvalue weighted by Crippen LogP contribution is -2.57. The second-order valence-corrected chi connectivity index (χ2v) is 7.88. The highest BCUT2D eigenvalue weighted by Crippen LogP contribution is 2.08.